The molecule has 1 aromatic heterocycles. The molecule has 3 fully saturated rings. The highest BCUT2D eigenvalue weighted by Gasteiger charge is 2.33. The molecule has 24 heavy (non-hydrogen) atoms. The van der Waals surface area contributed by atoms with E-state index in [1.165, 1.54) is 57.0 Å². The molecule has 4 rings (SSSR count). The highest BCUT2D eigenvalue weighted by molar-refractivity contribution is 5.12. The Labute approximate surface area is 146 Å². The van der Waals surface area contributed by atoms with Crippen LogP contribution in [0.3, 0.4) is 0 Å². The van der Waals surface area contributed by atoms with Crippen LogP contribution in [0.1, 0.15) is 55.6 Å². The van der Waals surface area contributed by atoms with Gasteiger partial charge in [-0.1, -0.05) is 0 Å². The van der Waals surface area contributed by atoms with E-state index < -0.39 is 0 Å². The smallest absolute Gasteiger partial charge is 0.112 e. The molecule has 0 saturated carbocycles. The Kier molecular flexibility index (Phi) is 4.93. The van der Waals surface area contributed by atoms with Gasteiger partial charge in [-0.2, -0.15) is 0 Å². The summed E-state index contributed by atoms with van der Waals surface area (Å²) in [6.07, 6.45) is 8.28. The molecule has 0 amide bonds. The Hall–Kier alpha value is -0.910. The lowest BCUT2D eigenvalue weighted by atomic mass is 9.99. The predicted octanol–water partition coefficient (Wildman–Crippen LogP) is 2.43. The maximum absolute atomic E-state index is 5.55. The minimum Gasteiger partial charge on any atom is -0.381 e. The van der Waals surface area contributed by atoms with Crippen molar-refractivity contribution in [1.29, 1.82) is 0 Å². The third-order valence-corrected chi connectivity index (χ3v) is 6.36. The van der Waals surface area contributed by atoms with Gasteiger partial charge < -0.3 is 14.2 Å². The highest BCUT2D eigenvalue weighted by atomic mass is 16.5. The van der Waals surface area contributed by atoms with Crippen molar-refractivity contribution in [1.82, 2.24) is 19.4 Å². The molecule has 4 heterocycles. The average Bonchev–Trinajstić information content (AvgIpc) is 3.23. The number of imidazole rings is 1. The quantitative estimate of drug-likeness (QED) is 0.851. The van der Waals surface area contributed by atoms with Crippen LogP contribution in [0, 0.1) is 6.92 Å². The predicted molar refractivity (Wildman–Crippen MR) is 95.5 cm³/mol. The molecule has 0 bridgehead atoms. The first-order chi connectivity index (χ1) is 11.7. The average molecular weight is 332 g/mol. The van der Waals surface area contributed by atoms with Gasteiger partial charge in [-0.05, 0) is 59.2 Å². The van der Waals surface area contributed by atoms with Gasteiger partial charge >= 0.3 is 0 Å². The molecule has 0 aliphatic carbocycles. The number of piperidine rings is 1. The second kappa shape index (κ2) is 7.14. The zero-order valence-electron chi connectivity index (χ0n) is 15.3. The van der Waals surface area contributed by atoms with Crippen LogP contribution in [0.5, 0.6) is 0 Å². The number of nitrogens with zero attached hydrogens (tertiary/aromatic N) is 4. The van der Waals surface area contributed by atoms with E-state index in [9.17, 15) is 0 Å². The van der Waals surface area contributed by atoms with Crippen LogP contribution >= 0.6 is 0 Å². The van der Waals surface area contributed by atoms with Crippen LogP contribution in [0.25, 0.3) is 0 Å². The van der Waals surface area contributed by atoms with Crippen molar-refractivity contribution >= 4 is 0 Å². The van der Waals surface area contributed by atoms with Crippen LogP contribution in [0.15, 0.2) is 6.20 Å². The standard InChI is InChI=1S/C19H32N4O/c1-15-13-20-19(16-6-11-24-12-7-16)23(15)18-5-10-22(14-18)17-3-8-21(2)9-4-17/h13,16-18H,3-12,14H2,1-2H3. The molecule has 3 saturated heterocycles. The lowest BCUT2D eigenvalue weighted by Gasteiger charge is -2.35. The number of hydrogen-bond donors (Lipinski definition) is 0. The fraction of sp³-hybridized carbons (Fsp3) is 0.842. The summed E-state index contributed by atoms with van der Waals surface area (Å²) in [7, 11) is 2.25. The molecule has 1 aromatic rings. The molecule has 5 heteroatoms. The van der Waals surface area contributed by atoms with E-state index in [4.69, 9.17) is 9.72 Å². The molecule has 1 unspecified atom stereocenters. The van der Waals surface area contributed by atoms with Crippen molar-refractivity contribution < 1.29 is 4.74 Å². The van der Waals surface area contributed by atoms with Crippen LogP contribution in [0.2, 0.25) is 0 Å². The van der Waals surface area contributed by atoms with E-state index in [0.717, 1.165) is 32.1 Å². The summed E-state index contributed by atoms with van der Waals surface area (Å²) in [5.41, 5.74) is 1.34. The van der Waals surface area contributed by atoms with E-state index in [1.54, 1.807) is 0 Å². The second-order valence-corrected chi connectivity index (χ2v) is 7.99. The van der Waals surface area contributed by atoms with Gasteiger partial charge in [0.15, 0.2) is 0 Å². The largest absolute Gasteiger partial charge is 0.381 e. The van der Waals surface area contributed by atoms with Crippen molar-refractivity contribution in [3.8, 4) is 0 Å². The molecular weight excluding hydrogens is 300 g/mol. The van der Waals surface area contributed by atoms with Gasteiger partial charge in [-0.25, -0.2) is 4.98 Å². The summed E-state index contributed by atoms with van der Waals surface area (Å²) in [5, 5.41) is 0. The van der Waals surface area contributed by atoms with Crippen molar-refractivity contribution in [3.63, 3.8) is 0 Å². The van der Waals surface area contributed by atoms with Crippen LogP contribution < -0.4 is 0 Å². The molecule has 134 valence electrons. The Morgan fingerprint density at radius 1 is 1.00 bits per heavy atom. The molecule has 0 spiro atoms. The Morgan fingerprint density at radius 3 is 2.46 bits per heavy atom. The number of hydrogen-bond acceptors (Lipinski definition) is 4. The fourth-order valence-electron chi connectivity index (χ4n) is 4.87. The van der Waals surface area contributed by atoms with Crippen LogP contribution in [-0.2, 0) is 4.74 Å². The Morgan fingerprint density at radius 2 is 1.71 bits per heavy atom. The molecule has 0 radical (unpaired) electrons. The minimum atomic E-state index is 0.588. The topological polar surface area (TPSA) is 33.5 Å². The molecule has 0 aromatic carbocycles. The van der Waals surface area contributed by atoms with E-state index in [0.29, 0.717) is 12.0 Å². The number of aromatic nitrogens is 2. The molecular formula is C19H32N4O. The Bertz CT molecular complexity index is 544. The van der Waals surface area contributed by atoms with E-state index in [1.807, 2.05) is 0 Å². The third kappa shape index (κ3) is 3.26. The summed E-state index contributed by atoms with van der Waals surface area (Å²) < 4.78 is 8.12. The number of rotatable bonds is 3. The number of likely N-dealkylation sites (tertiary alicyclic amines) is 2. The second-order valence-electron chi connectivity index (χ2n) is 7.99. The van der Waals surface area contributed by atoms with Crippen molar-refractivity contribution in [2.45, 2.75) is 57.0 Å². The lowest BCUT2D eigenvalue weighted by Crippen LogP contribution is -2.42. The molecule has 5 nitrogen and oxygen atoms in total. The first-order valence-corrected chi connectivity index (χ1v) is 9.76. The van der Waals surface area contributed by atoms with E-state index in [-0.39, 0.29) is 0 Å². The molecule has 0 N–H and O–H groups in total. The van der Waals surface area contributed by atoms with E-state index in [2.05, 4.69) is 34.5 Å². The van der Waals surface area contributed by atoms with Gasteiger partial charge in [-0.3, -0.25) is 4.90 Å². The first kappa shape index (κ1) is 16.6. The van der Waals surface area contributed by atoms with Crippen molar-refractivity contribution in [3.05, 3.63) is 17.7 Å². The zero-order valence-corrected chi connectivity index (χ0v) is 15.3. The third-order valence-electron chi connectivity index (χ3n) is 6.36. The zero-order chi connectivity index (χ0) is 16.5. The van der Waals surface area contributed by atoms with Gasteiger partial charge in [0.2, 0.25) is 0 Å². The van der Waals surface area contributed by atoms with Gasteiger partial charge in [0.1, 0.15) is 5.82 Å². The van der Waals surface area contributed by atoms with Gasteiger partial charge in [-0.15, -0.1) is 0 Å². The molecule has 3 aliphatic heterocycles. The first-order valence-electron chi connectivity index (χ1n) is 9.76. The summed E-state index contributed by atoms with van der Waals surface area (Å²) >= 11 is 0. The van der Waals surface area contributed by atoms with Gasteiger partial charge in [0.05, 0.1) is 0 Å². The number of ether oxygens (including phenoxy) is 1. The van der Waals surface area contributed by atoms with Crippen LogP contribution in [0.4, 0.5) is 0 Å². The maximum atomic E-state index is 5.55. The van der Waals surface area contributed by atoms with Gasteiger partial charge in [0, 0.05) is 56.2 Å². The van der Waals surface area contributed by atoms with E-state index >= 15 is 0 Å². The molecule has 3 aliphatic rings. The van der Waals surface area contributed by atoms with Crippen molar-refractivity contribution in [2.24, 2.45) is 0 Å². The van der Waals surface area contributed by atoms with Crippen molar-refractivity contribution in [2.75, 3.05) is 46.4 Å². The summed E-state index contributed by atoms with van der Waals surface area (Å²) in [6, 6.07) is 1.41. The summed E-state index contributed by atoms with van der Waals surface area (Å²) in [6.45, 7) is 8.98. The molecule has 1 atom stereocenters. The Balaban J connectivity index is 1.46. The lowest BCUT2D eigenvalue weighted by molar-refractivity contribution is 0.0823. The van der Waals surface area contributed by atoms with Crippen LogP contribution in [-0.4, -0.2) is 71.8 Å². The summed E-state index contributed by atoms with van der Waals surface area (Å²) in [5.74, 6) is 1.91. The highest BCUT2D eigenvalue weighted by Crippen LogP contribution is 2.33. The number of aryl methyl sites for hydroxylation is 1. The fourth-order valence-corrected chi connectivity index (χ4v) is 4.87. The van der Waals surface area contributed by atoms with Gasteiger partial charge in [0.25, 0.3) is 0 Å². The minimum absolute atomic E-state index is 0.588. The monoisotopic (exact) mass is 332 g/mol. The SMILES string of the molecule is Cc1cnc(C2CCOCC2)n1C1CCN(C2CCN(C)CC2)C1. The summed E-state index contributed by atoms with van der Waals surface area (Å²) in [4.78, 5) is 10.0. The normalized spacial score (nSPS) is 28.7. The maximum Gasteiger partial charge on any atom is 0.112 e.